The van der Waals surface area contributed by atoms with Gasteiger partial charge < -0.3 is 15.1 Å². The smallest absolute Gasteiger partial charge is 0.226 e. The van der Waals surface area contributed by atoms with E-state index in [-0.39, 0.29) is 34.9 Å². The van der Waals surface area contributed by atoms with E-state index in [1.165, 1.54) is 6.07 Å². The molecule has 2 amide bonds. The zero-order valence-corrected chi connectivity index (χ0v) is 19.9. The van der Waals surface area contributed by atoms with Gasteiger partial charge in [0.1, 0.15) is 0 Å². The average molecular weight is 458 g/mol. The fourth-order valence-corrected chi connectivity index (χ4v) is 5.18. The lowest BCUT2D eigenvalue weighted by atomic mass is 10.1. The third kappa shape index (κ3) is 5.30. The first-order valence-corrected chi connectivity index (χ1v) is 12.5. The maximum absolute atomic E-state index is 12.8. The molecule has 0 aliphatic carbocycles. The molecule has 3 rings (SSSR count). The SMILES string of the molecule is CCC(=O)N1c2ccc(S(=O)(=O)CCC(=O)NCc3ccc(N(C)C)cc3)cc2CC1C. The number of amides is 2. The summed E-state index contributed by atoms with van der Waals surface area (Å²) in [7, 11) is 0.310. The molecule has 1 aliphatic heterocycles. The van der Waals surface area contributed by atoms with E-state index in [1.807, 2.05) is 57.1 Å². The summed E-state index contributed by atoms with van der Waals surface area (Å²) in [4.78, 5) is 28.4. The average Bonchev–Trinajstić information content (AvgIpc) is 3.11. The second-order valence-electron chi connectivity index (χ2n) is 8.37. The minimum absolute atomic E-state index is 0.00738. The Morgan fingerprint density at radius 2 is 1.81 bits per heavy atom. The first kappa shape index (κ1) is 23.8. The first-order chi connectivity index (χ1) is 15.1. The second kappa shape index (κ2) is 9.73. The summed E-state index contributed by atoms with van der Waals surface area (Å²) >= 11 is 0. The van der Waals surface area contributed by atoms with Crippen molar-refractivity contribution in [3.8, 4) is 0 Å². The van der Waals surface area contributed by atoms with Crippen molar-refractivity contribution in [1.29, 1.82) is 0 Å². The molecule has 2 aromatic rings. The number of benzene rings is 2. The van der Waals surface area contributed by atoms with Crippen LogP contribution in [0.25, 0.3) is 0 Å². The minimum Gasteiger partial charge on any atom is -0.378 e. The zero-order chi connectivity index (χ0) is 23.5. The molecule has 1 N–H and O–H groups in total. The van der Waals surface area contributed by atoms with Crippen LogP contribution in [-0.2, 0) is 32.4 Å². The minimum atomic E-state index is -3.61. The number of carbonyl (C=O) groups excluding carboxylic acids is 2. The van der Waals surface area contributed by atoms with E-state index in [0.717, 1.165) is 22.5 Å². The Balaban J connectivity index is 1.59. The largest absolute Gasteiger partial charge is 0.378 e. The van der Waals surface area contributed by atoms with Gasteiger partial charge in [0.05, 0.1) is 10.6 Å². The van der Waals surface area contributed by atoms with Gasteiger partial charge in [0, 0.05) is 50.9 Å². The van der Waals surface area contributed by atoms with Gasteiger partial charge in [0.2, 0.25) is 11.8 Å². The van der Waals surface area contributed by atoms with Crippen LogP contribution in [0.4, 0.5) is 11.4 Å². The third-order valence-electron chi connectivity index (χ3n) is 5.74. The van der Waals surface area contributed by atoms with Gasteiger partial charge in [0.25, 0.3) is 0 Å². The molecule has 1 aliphatic rings. The Morgan fingerprint density at radius 1 is 1.12 bits per heavy atom. The van der Waals surface area contributed by atoms with Gasteiger partial charge in [0.15, 0.2) is 9.84 Å². The van der Waals surface area contributed by atoms with Gasteiger partial charge in [-0.15, -0.1) is 0 Å². The van der Waals surface area contributed by atoms with E-state index in [9.17, 15) is 18.0 Å². The molecule has 32 heavy (non-hydrogen) atoms. The van der Waals surface area contributed by atoms with E-state index in [4.69, 9.17) is 0 Å². The molecule has 172 valence electrons. The normalized spacial score (nSPS) is 15.4. The molecule has 0 fully saturated rings. The third-order valence-corrected chi connectivity index (χ3v) is 7.45. The van der Waals surface area contributed by atoms with Gasteiger partial charge in [-0.3, -0.25) is 9.59 Å². The molecular formula is C24H31N3O4S. The van der Waals surface area contributed by atoms with Gasteiger partial charge in [-0.1, -0.05) is 19.1 Å². The number of rotatable bonds is 8. The van der Waals surface area contributed by atoms with Gasteiger partial charge >= 0.3 is 0 Å². The van der Waals surface area contributed by atoms with Crippen molar-refractivity contribution < 1.29 is 18.0 Å². The highest BCUT2D eigenvalue weighted by Gasteiger charge is 2.31. The van der Waals surface area contributed by atoms with E-state index in [1.54, 1.807) is 17.0 Å². The molecule has 0 radical (unpaired) electrons. The molecule has 2 aromatic carbocycles. The highest BCUT2D eigenvalue weighted by molar-refractivity contribution is 7.91. The standard InChI is InChI=1S/C24H31N3O4S/c1-5-24(29)27-17(2)14-19-15-21(10-11-22(19)27)32(30,31)13-12-23(28)25-16-18-6-8-20(9-7-18)26(3)4/h6-11,15,17H,5,12-14,16H2,1-4H3,(H,25,28). The van der Waals surface area contributed by atoms with Crippen LogP contribution >= 0.6 is 0 Å². The molecule has 0 aromatic heterocycles. The van der Waals surface area contributed by atoms with E-state index >= 15 is 0 Å². The molecule has 0 saturated carbocycles. The topological polar surface area (TPSA) is 86.8 Å². The summed E-state index contributed by atoms with van der Waals surface area (Å²) in [5.41, 5.74) is 3.65. The number of hydrogen-bond donors (Lipinski definition) is 1. The molecule has 1 atom stereocenters. The number of sulfone groups is 1. The number of nitrogens with zero attached hydrogens (tertiary/aromatic N) is 2. The summed E-state index contributed by atoms with van der Waals surface area (Å²) in [6.07, 6.45) is 0.919. The fraction of sp³-hybridized carbons (Fsp3) is 0.417. The molecular weight excluding hydrogens is 426 g/mol. The Bertz CT molecular complexity index is 1090. The summed E-state index contributed by atoms with van der Waals surface area (Å²) < 4.78 is 25.6. The van der Waals surface area contributed by atoms with Crippen molar-refractivity contribution in [3.05, 3.63) is 53.6 Å². The van der Waals surface area contributed by atoms with Crippen molar-refractivity contribution in [2.75, 3.05) is 29.6 Å². The number of nitrogens with one attached hydrogen (secondary N) is 1. The Labute approximate surface area is 190 Å². The molecule has 0 spiro atoms. The van der Waals surface area contributed by atoms with Gasteiger partial charge in [-0.05, 0) is 54.8 Å². The molecule has 8 heteroatoms. The molecule has 7 nitrogen and oxygen atoms in total. The van der Waals surface area contributed by atoms with E-state index in [0.29, 0.717) is 19.4 Å². The molecule has 1 unspecified atom stereocenters. The van der Waals surface area contributed by atoms with Crippen molar-refractivity contribution in [2.24, 2.45) is 0 Å². The second-order valence-corrected chi connectivity index (χ2v) is 10.5. The van der Waals surface area contributed by atoms with Crippen molar-refractivity contribution in [3.63, 3.8) is 0 Å². The maximum atomic E-state index is 12.8. The number of carbonyl (C=O) groups is 2. The lowest BCUT2D eigenvalue weighted by Gasteiger charge is -2.22. The monoisotopic (exact) mass is 457 g/mol. The molecule has 0 saturated heterocycles. The zero-order valence-electron chi connectivity index (χ0n) is 19.1. The molecule has 1 heterocycles. The van der Waals surface area contributed by atoms with Gasteiger partial charge in [-0.25, -0.2) is 8.42 Å². The Morgan fingerprint density at radius 3 is 2.44 bits per heavy atom. The number of fused-ring (bicyclic) bond motifs is 1. The summed E-state index contributed by atoms with van der Waals surface area (Å²) in [6.45, 7) is 4.13. The Kier molecular flexibility index (Phi) is 7.23. The molecule has 0 bridgehead atoms. The van der Waals surface area contributed by atoms with Crippen LogP contribution in [0.3, 0.4) is 0 Å². The number of hydrogen-bond acceptors (Lipinski definition) is 5. The maximum Gasteiger partial charge on any atom is 0.226 e. The first-order valence-electron chi connectivity index (χ1n) is 10.8. The van der Waals surface area contributed by atoms with Crippen LogP contribution in [0.1, 0.15) is 37.8 Å². The summed E-state index contributed by atoms with van der Waals surface area (Å²) in [6, 6.07) is 12.7. The highest BCUT2D eigenvalue weighted by atomic mass is 32.2. The van der Waals surface area contributed by atoms with E-state index in [2.05, 4.69) is 5.32 Å². The van der Waals surface area contributed by atoms with Crippen LogP contribution < -0.4 is 15.1 Å². The lowest BCUT2D eigenvalue weighted by molar-refractivity contribution is -0.121. The highest BCUT2D eigenvalue weighted by Crippen LogP contribution is 2.34. The van der Waals surface area contributed by atoms with Crippen LogP contribution in [0.15, 0.2) is 47.4 Å². The van der Waals surface area contributed by atoms with Crippen LogP contribution in [0, 0.1) is 0 Å². The predicted molar refractivity (Wildman–Crippen MR) is 127 cm³/mol. The Hall–Kier alpha value is -2.87. The van der Waals surface area contributed by atoms with Crippen LogP contribution in [-0.4, -0.2) is 46.1 Å². The van der Waals surface area contributed by atoms with Crippen LogP contribution in [0.5, 0.6) is 0 Å². The fourth-order valence-electron chi connectivity index (χ4n) is 3.90. The predicted octanol–water partition coefficient (Wildman–Crippen LogP) is 2.92. The van der Waals surface area contributed by atoms with Gasteiger partial charge in [-0.2, -0.15) is 0 Å². The summed E-state index contributed by atoms with van der Waals surface area (Å²) in [5.74, 6) is -0.538. The quantitative estimate of drug-likeness (QED) is 0.659. The lowest BCUT2D eigenvalue weighted by Crippen LogP contribution is -2.35. The van der Waals surface area contributed by atoms with Crippen LogP contribution in [0.2, 0.25) is 0 Å². The summed E-state index contributed by atoms with van der Waals surface area (Å²) in [5, 5.41) is 2.78. The number of anilines is 2. The van der Waals surface area contributed by atoms with E-state index < -0.39 is 9.84 Å². The van der Waals surface area contributed by atoms with Crippen molar-refractivity contribution >= 4 is 33.0 Å². The van der Waals surface area contributed by atoms with Crippen molar-refractivity contribution in [1.82, 2.24) is 5.32 Å². The van der Waals surface area contributed by atoms with Crippen molar-refractivity contribution in [2.45, 2.75) is 50.6 Å².